The number of hydrogen-bond acceptors (Lipinski definition) is 5. The van der Waals surface area contributed by atoms with Crippen LogP contribution in [0.25, 0.3) is 0 Å². The molecule has 3 aromatic rings. The Morgan fingerprint density at radius 1 is 0.914 bits per heavy atom. The SMILES string of the molecule is COc1ccc(C2Nc3ccc(S(=O)(=O)Nc4cc(C)cc(C)c4)cc3C3C=CCC32)cc1OC. The van der Waals surface area contributed by atoms with E-state index in [0.29, 0.717) is 17.2 Å². The van der Waals surface area contributed by atoms with Crippen LogP contribution in [0.2, 0.25) is 0 Å². The molecule has 35 heavy (non-hydrogen) atoms. The molecular weight excluding hydrogens is 460 g/mol. The molecule has 0 saturated carbocycles. The van der Waals surface area contributed by atoms with E-state index >= 15 is 0 Å². The zero-order valence-electron chi connectivity index (χ0n) is 20.3. The van der Waals surface area contributed by atoms with Crippen LogP contribution in [0.1, 0.15) is 40.6 Å². The number of anilines is 2. The van der Waals surface area contributed by atoms with Crippen molar-refractivity contribution in [1.82, 2.24) is 0 Å². The summed E-state index contributed by atoms with van der Waals surface area (Å²) in [6.07, 6.45) is 5.30. The van der Waals surface area contributed by atoms with Crippen molar-refractivity contribution in [2.45, 2.75) is 37.1 Å². The fraction of sp³-hybridized carbons (Fsp3) is 0.286. The number of hydrogen-bond donors (Lipinski definition) is 2. The topological polar surface area (TPSA) is 76.7 Å². The number of ether oxygens (including phenoxy) is 2. The predicted molar refractivity (Wildman–Crippen MR) is 139 cm³/mol. The monoisotopic (exact) mass is 490 g/mol. The van der Waals surface area contributed by atoms with E-state index in [4.69, 9.17) is 9.47 Å². The lowest BCUT2D eigenvalue weighted by Gasteiger charge is -2.38. The first-order chi connectivity index (χ1) is 16.8. The third-order valence-electron chi connectivity index (χ3n) is 6.89. The molecule has 2 N–H and O–H groups in total. The fourth-order valence-corrected chi connectivity index (χ4v) is 6.44. The van der Waals surface area contributed by atoms with Crippen molar-refractivity contribution in [3.63, 3.8) is 0 Å². The lowest BCUT2D eigenvalue weighted by Crippen LogP contribution is -2.29. The third-order valence-corrected chi connectivity index (χ3v) is 8.26. The minimum atomic E-state index is -3.72. The van der Waals surface area contributed by atoms with E-state index in [1.165, 1.54) is 0 Å². The van der Waals surface area contributed by atoms with Crippen molar-refractivity contribution < 1.29 is 17.9 Å². The van der Waals surface area contributed by atoms with Gasteiger partial charge in [0.1, 0.15) is 0 Å². The first-order valence-electron chi connectivity index (χ1n) is 11.7. The van der Waals surface area contributed by atoms with Gasteiger partial charge in [-0.1, -0.05) is 24.3 Å². The van der Waals surface area contributed by atoms with E-state index in [2.05, 4.69) is 28.3 Å². The number of benzene rings is 3. The fourth-order valence-electron chi connectivity index (χ4n) is 5.36. The highest BCUT2D eigenvalue weighted by Crippen LogP contribution is 2.51. The Hall–Kier alpha value is -3.45. The summed E-state index contributed by atoms with van der Waals surface area (Å²) in [4.78, 5) is 0.265. The molecular formula is C28H30N2O4S. The predicted octanol–water partition coefficient (Wildman–Crippen LogP) is 5.95. The Bertz CT molecular complexity index is 1390. The van der Waals surface area contributed by atoms with Gasteiger partial charge < -0.3 is 14.8 Å². The molecule has 3 aromatic carbocycles. The molecule has 3 unspecified atom stereocenters. The number of aryl methyl sites for hydroxylation is 2. The molecule has 1 heterocycles. The highest BCUT2D eigenvalue weighted by atomic mass is 32.2. The summed E-state index contributed by atoms with van der Waals surface area (Å²) in [6, 6.07) is 17.1. The standard InChI is InChI=1S/C28H30N2O4S/c1-17-12-18(2)14-20(13-17)30-35(31,32)21-9-10-25-24(16-21)22-6-5-7-23(22)28(29-25)19-8-11-26(33-3)27(15-19)34-4/h5-6,8-16,22-23,28-30H,7H2,1-4H3. The molecule has 6 nitrogen and oxygen atoms in total. The summed E-state index contributed by atoms with van der Waals surface area (Å²) >= 11 is 0. The van der Waals surface area contributed by atoms with Gasteiger partial charge in [0.15, 0.2) is 11.5 Å². The molecule has 0 saturated heterocycles. The number of rotatable bonds is 6. The van der Waals surface area contributed by atoms with E-state index in [9.17, 15) is 8.42 Å². The van der Waals surface area contributed by atoms with Crippen molar-refractivity contribution in [2.24, 2.45) is 5.92 Å². The summed E-state index contributed by atoms with van der Waals surface area (Å²) in [6.45, 7) is 3.91. The lowest BCUT2D eigenvalue weighted by atomic mass is 9.77. The smallest absolute Gasteiger partial charge is 0.261 e. The molecule has 0 bridgehead atoms. The molecule has 0 aromatic heterocycles. The summed E-state index contributed by atoms with van der Waals surface area (Å²) in [5.74, 6) is 1.78. The normalized spacial score (nSPS) is 20.5. The van der Waals surface area contributed by atoms with Crippen LogP contribution in [0.5, 0.6) is 11.5 Å². The number of methoxy groups -OCH3 is 2. The average Bonchev–Trinajstić information content (AvgIpc) is 3.32. The van der Waals surface area contributed by atoms with Crippen LogP contribution in [0.15, 0.2) is 71.6 Å². The Labute approximate surface area is 207 Å². The highest BCUT2D eigenvalue weighted by molar-refractivity contribution is 7.92. The second-order valence-electron chi connectivity index (χ2n) is 9.32. The van der Waals surface area contributed by atoms with Crippen LogP contribution in [-0.2, 0) is 10.0 Å². The van der Waals surface area contributed by atoms with Crippen molar-refractivity contribution in [3.05, 3.63) is 89.0 Å². The molecule has 1 aliphatic heterocycles. The molecule has 0 spiro atoms. The molecule has 2 aliphatic rings. The van der Waals surface area contributed by atoms with Gasteiger partial charge in [-0.15, -0.1) is 0 Å². The van der Waals surface area contributed by atoms with Crippen LogP contribution in [-0.4, -0.2) is 22.6 Å². The second kappa shape index (κ2) is 8.96. The largest absolute Gasteiger partial charge is 0.493 e. The number of nitrogens with one attached hydrogen (secondary N) is 2. The van der Waals surface area contributed by atoms with Gasteiger partial charge in [0, 0.05) is 17.3 Å². The molecule has 1 aliphatic carbocycles. The Balaban J connectivity index is 1.48. The summed E-state index contributed by atoms with van der Waals surface area (Å²) in [5, 5.41) is 3.67. The minimum Gasteiger partial charge on any atom is -0.493 e. The molecule has 0 amide bonds. The van der Waals surface area contributed by atoms with Crippen LogP contribution in [0, 0.1) is 19.8 Å². The maximum absolute atomic E-state index is 13.2. The maximum atomic E-state index is 13.2. The van der Waals surface area contributed by atoms with Gasteiger partial charge in [0.05, 0.1) is 25.2 Å². The molecule has 0 fully saturated rings. The van der Waals surface area contributed by atoms with Crippen LogP contribution in [0.3, 0.4) is 0 Å². The highest BCUT2D eigenvalue weighted by Gasteiger charge is 2.38. The second-order valence-corrected chi connectivity index (χ2v) is 11.0. The average molecular weight is 491 g/mol. The summed E-state index contributed by atoms with van der Waals surface area (Å²) in [5.41, 5.74) is 5.66. The number of allylic oxidation sites excluding steroid dienone is 2. The molecule has 7 heteroatoms. The first kappa shape index (κ1) is 23.3. The molecule has 5 rings (SSSR count). The van der Waals surface area contributed by atoms with Gasteiger partial charge in [-0.05, 0) is 90.9 Å². The number of fused-ring (bicyclic) bond motifs is 3. The van der Waals surface area contributed by atoms with Crippen molar-refractivity contribution in [1.29, 1.82) is 0 Å². The first-order valence-corrected chi connectivity index (χ1v) is 13.2. The van der Waals surface area contributed by atoms with Gasteiger partial charge in [-0.3, -0.25) is 4.72 Å². The third kappa shape index (κ3) is 4.36. The van der Waals surface area contributed by atoms with E-state index < -0.39 is 10.0 Å². The van der Waals surface area contributed by atoms with Crippen LogP contribution in [0.4, 0.5) is 11.4 Å². The van der Waals surface area contributed by atoms with Gasteiger partial charge in [-0.2, -0.15) is 0 Å². The van der Waals surface area contributed by atoms with Gasteiger partial charge in [-0.25, -0.2) is 8.42 Å². The van der Waals surface area contributed by atoms with E-state index in [0.717, 1.165) is 34.4 Å². The summed E-state index contributed by atoms with van der Waals surface area (Å²) < 4.78 is 40.2. The van der Waals surface area contributed by atoms with E-state index in [-0.39, 0.29) is 22.8 Å². The molecule has 182 valence electrons. The molecule has 3 atom stereocenters. The Morgan fingerprint density at radius 2 is 1.66 bits per heavy atom. The Morgan fingerprint density at radius 3 is 2.37 bits per heavy atom. The minimum absolute atomic E-state index is 0.0677. The van der Waals surface area contributed by atoms with Crippen molar-refractivity contribution >= 4 is 21.4 Å². The zero-order chi connectivity index (χ0) is 24.7. The van der Waals surface area contributed by atoms with Crippen molar-refractivity contribution in [3.8, 4) is 11.5 Å². The summed E-state index contributed by atoms with van der Waals surface area (Å²) in [7, 11) is -0.456. The van der Waals surface area contributed by atoms with Gasteiger partial charge in [0.25, 0.3) is 10.0 Å². The lowest BCUT2D eigenvalue weighted by molar-refractivity contribution is 0.353. The van der Waals surface area contributed by atoms with Gasteiger partial charge >= 0.3 is 0 Å². The maximum Gasteiger partial charge on any atom is 0.261 e. The van der Waals surface area contributed by atoms with Crippen LogP contribution < -0.4 is 19.5 Å². The van der Waals surface area contributed by atoms with E-state index in [1.54, 1.807) is 20.3 Å². The number of sulfonamides is 1. The van der Waals surface area contributed by atoms with Gasteiger partial charge in [0.2, 0.25) is 0 Å². The van der Waals surface area contributed by atoms with Crippen LogP contribution >= 0.6 is 0 Å². The quantitative estimate of drug-likeness (QED) is 0.418. The van der Waals surface area contributed by atoms with E-state index in [1.807, 2.05) is 56.3 Å². The van der Waals surface area contributed by atoms with Crippen molar-refractivity contribution in [2.75, 3.05) is 24.3 Å². The Kier molecular flexibility index (Phi) is 5.97. The molecule has 0 radical (unpaired) electrons. The zero-order valence-corrected chi connectivity index (χ0v) is 21.1.